The Morgan fingerprint density at radius 3 is 2.66 bits per heavy atom. The molecular formula is C20H20ClN3O4S. The number of H-pyrrole nitrogens is 1. The number of halogens is 1. The van der Waals surface area contributed by atoms with E-state index in [-0.39, 0.29) is 35.5 Å². The highest BCUT2D eigenvalue weighted by molar-refractivity contribution is 7.89. The summed E-state index contributed by atoms with van der Waals surface area (Å²) in [5.74, 6) is 0.282. The molecule has 9 heteroatoms. The molecule has 1 aliphatic heterocycles. The molecule has 2 heterocycles. The van der Waals surface area contributed by atoms with Crippen molar-refractivity contribution in [3.8, 4) is 0 Å². The molecule has 2 aromatic carbocycles. The van der Waals surface area contributed by atoms with Crippen molar-refractivity contribution in [1.29, 1.82) is 0 Å². The quantitative estimate of drug-likeness (QED) is 0.645. The normalized spacial score (nSPS) is 17.2. The maximum atomic E-state index is 13.3. The van der Waals surface area contributed by atoms with E-state index in [4.69, 9.17) is 16.3 Å². The highest BCUT2D eigenvalue weighted by Crippen LogP contribution is 2.23. The van der Waals surface area contributed by atoms with Crippen LogP contribution in [0.2, 0.25) is 5.02 Å². The number of hydrogen-bond donors (Lipinski definition) is 1. The van der Waals surface area contributed by atoms with Crippen molar-refractivity contribution in [2.45, 2.75) is 30.4 Å². The Labute approximate surface area is 173 Å². The molecule has 0 radical (unpaired) electrons. The molecule has 1 saturated heterocycles. The highest BCUT2D eigenvalue weighted by Gasteiger charge is 2.30. The molecule has 1 unspecified atom stereocenters. The zero-order valence-corrected chi connectivity index (χ0v) is 17.1. The van der Waals surface area contributed by atoms with E-state index in [0.29, 0.717) is 22.5 Å². The third kappa shape index (κ3) is 4.35. The van der Waals surface area contributed by atoms with Crippen molar-refractivity contribution < 1.29 is 13.2 Å². The summed E-state index contributed by atoms with van der Waals surface area (Å²) in [6, 6.07) is 13.0. The van der Waals surface area contributed by atoms with Crippen LogP contribution in [0.15, 0.2) is 58.2 Å². The average Bonchev–Trinajstić information content (AvgIpc) is 3.21. The van der Waals surface area contributed by atoms with Gasteiger partial charge in [0.05, 0.1) is 28.4 Å². The Morgan fingerprint density at radius 2 is 1.93 bits per heavy atom. The lowest BCUT2D eigenvalue weighted by Crippen LogP contribution is -2.37. The molecule has 0 amide bonds. The number of sulfonamides is 1. The number of hydrogen-bond acceptors (Lipinski definition) is 5. The lowest BCUT2D eigenvalue weighted by Gasteiger charge is -2.24. The summed E-state index contributed by atoms with van der Waals surface area (Å²) < 4.78 is 33.5. The average molecular weight is 434 g/mol. The molecule has 7 nitrogen and oxygen atoms in total. The summed E-state index contributed by atoms with van der Waals surface area (Å²) in [5, 5.41) is 0.914. The minimum atomic E-state index is -3.84. The summed E-state index contributed by atoms with van der Waals surface area (Å²) in [5.41, 5.74) is 0.221. The number of rotatable bonds is 6. The van der Waals surface area contributed by atoms with Gasteiger partial charge in [-0.25, -0.2) is 13.4 Å². The van der Waals surface area contributed by atoms with Gasteiger partial charge in [-0.3, -0.25) is 4.79 Å². The van der Waals surface area contributed by atoms with E-state index >= 15 is 0 Å². The molecule has 1 N–H and O–H groups in total. The summed E-state index contributed by atoms with van der Waals surface area (Å²) in [4.78, 5) is 19.7. The summed E-state index contributed by atoms with van der Waals surface area (Å²) in [6.07, 6.45) is 1.49. The number of aromatic amines is 1. The van der Waals surface area contributed by atoms with Crippen molar-refractivity contribution in [1.82, 2.24) is 14.3 Å². The van der Waals surface area contributed by atoms with E-state index in [1.807, 2.05) is 0 Å². The predicted octanol–water partition coefficient (Wildman–Crippen LogP) is 2.95. The minimum Gasteiger partial charge on any atom is -0.377 e. The van der Waals surface area contributed by atoms with Gasteiger partial charge < -0.3 is 9.72 Å². The molecule has 29 heavy (non-hydrogen) atoms. The fraction of sp³-hybridized carbons (Fsp3) is 0.300. The lowest BCUT2D eigenvalue weighted by molar-refractivity contribution is 0.0921. The monoisotopic (exact) mass is 433 g/mol. The SMILES string of the molecule is O=c1[nH]c(CN(CC2CCCO2)S(=O)(=O)c2ccc(Cl)cc2)nc2ccccc12. The molecule has 0 aliphatic carbocycles. The van der Waals surface area contributed by atoms with Crippen molar-refractivity contribution in [3.05, 3.63) is 69.7 Å². The van der Waals surface area contributed by atoms with E-state index in [0.717, 1.165) is 12.8 Å². The van der Waals surface area contributed by atoms with Crippen LogP contribution in [-0.2, 0) is 21.3 Å². The minimum absolute atomic E-state index is 0.0646. The standard InChI is InChI=1S/C20H20ClN3O4S/c21-14-7-9-16(10-8-14)29(26,27)24(12-15-4-3-11-28-15)13-19-22-18-6-2-1-5-17(18)20(25)23-19/h1-2,5-10,15H,3-4,11-13H2,(H,22,23,25). The molecule has 1 atom stereocenters. The van der Waals surface area contributed by atoms with Gasteiger partial charge in [0.2, 0.25) is 10.0 Å². The van der Waals surface area contributed by atoms with Gasteiger partial charge in [-0.05, 0) is 49.2 Å². The van der Waals surface area contributed by atoms with Crippen molar-refractivity contribution >= 4 is 32.5 Å². The largest absolute Gasteiger partial charge is 0.377 e. The predicted molar refractivity (Wildman–Crippen MR) is 110 cm³/mol. The molecular weight excluding hydrogens is 414 g/mol. The first-order chi connectivity index (χ1) is 13.9. The van der Waals surface area contributed by atoms with E-state index in [1.165, 1.54) is 28.6 Å². The van der Waals surface area contributed by atoms with Crippen LogP contribution in [0.5, 0.6) is 0 Å². The van der Waals surface area contributed by atoms with Gasteiger partial charge in [-0.2, -0.15) is 4.31 Å². The zero-order chi connectivity index (χ0) is 20.4. The molecule has 1 fully saturated rings. The summed E-state index contributed by atoms with van der Waals surface area (Å²) in [7, 11) is -3.84. The third-order valence-electron chi connectivity index (χ3n) is 4.87. The second kappa shape index (κ2) is 8.23. The fourth-order valence-corrected chi connectivity index (χ4v) is 4.95. The molecule has 152 valence electrons. The maximum absolute atomic E-state index is 13.3. The van der Waals surface area contributed by atoms with Crippen molar-refractivity contribution in [2.24, 2.45) is 0 Å². The second-order valence-corrected chi connectivity index (χ2v) is 9.29. The Kier molecular flexibility index (Phi) is 5.69. The molecule has 0 saturated carbocycles. The van der Waals surface area contributed by atoms with E-state index < -0.39 is 10.0 Å². The molecule has 4 rings (SSSR count). The number of nitrogens with one attached hydrogen (secondary N) is 1. The number of nitrogens with zero attached hydrogens (tertiary/aromatic N) is 2. The van der Waals surface area contributed by atoms with Gasteiger partial charge in [0.25, 0.3) is 5.56 Å². The molecule has 0 spiro atoms. The highest BCUT2D eigenvalue weighted by atomic mass is 35.5. The Bertz CT molecular complexity index is 1170. The Morgan fingerprint density at radius 1 is 1.17 bits per heavy atom. The van der Waals surface area contributed by atoms with Crippen LogP contribution in [-0.4, -0.2) is 41.9 Å². The number of fused-ring (bicyclic) bond motifs is 1. The molecule has 3 aromatic rings. The summed E-state index contributed by atoms with van der Waals surface area (Å²) >= 11 is 5.90. The number of ether oxygens (including phenoxy) is 1. The van der Waals surface area contributed by atoms with Crippen LogP contribution in [0.1, 0.15) is 18.7 Å². The third-order valence-corrected chi connectivity index (χ3v) is 6.95. The van der Waals surface area contributed by atoms with Crippen LogP contribution in [0.3, 0.4) is 0 Å². The first-order valence-corrected chi connectivity index (χ1v) is 11.1. The van der Waals surface area contributed by atoms with E-state index in [2.05, 4.69) is 9.97 Å². The molecule has 1 aromatic heterocycles. The number of para-hydroxylation sites is 1. The van der Waals surface area contributed by atoms with E-state index in [1.54, 1.807) is 24.3 Å². The first-order valence-electron chi connectivity index (χ1n) is 9.29. The smallest absolute Gasteiger partial charge is 0.258 e. The van der Waals surface area contributed by atoms with Gasteiger partial charge in [-0.1, -0.05) is 23.7 Å². The summed E-state index contributed by atoms with van der Waals surface area (Å²) in [6.45, 7) is 0.733. The number of aromatic nitrogens is 2. The van der Waals surface area contributed by atoms with Gasteiger partial charge in [0.15, 0.2) is 0 Å². The van der Waals surface area contributed by atoms with Crippen LogP contribution in [0, 0.1) is 0 Å². The van der Waals surface area contributed by atoms with Gasteiger partial charge in [0, 0.05) is 18.2 Å². The van der Waals surface area contributed by atoms with Gasteiger partial charge >= 0.3 is 0 Å². The zero-order valence-electron chi connectivity index (χ0n) is 15.5. The maximum Gasteiger partial charge on any atom is 0.258 e. The van der Waals surface area contributed by atoms with Crippen molar-refractivity contribution in [2.75, 3.05) is 13.2 Å². The Balaban J connectivity index is 1.70. The first kappa shape index (κ1) is 20.0. The molecule has 0 bridgehead atoms. The Hall–Kier alpha value is -2.26. The van der Waals surface area contributed by atoms with Crippen LogP contribution in [0.25, 0.3) is 10.9 Å². The molecule has 1 aliphatic rings. The van der Waals surface area contributed by atoms with Gasteiger partial charge in [0.1, 0.15) is 5.82 Å². The van der Waals surface area contributed by atoms with Gasteiger partial charge in [-0.15, -0.1) is 0 Å². The fourth-order valence-electron chi connectivity index (χ4n) is 3.40. The number of benzene rings is 2. The lowest BCUT2D eigenvalue weighted by atomic mass is 10.2. The van der Waals surface area contributed by atoms with E-state index in [9.17, 15) is 13.2 Å². The van der Waals surface area contributed by atoms with Crippen LogP contribution < -0.4 is 5.56 Å². The topological polar surface area (TPSA) is 92.4 Å². The second-order valence-electron chi connectivity index (χ2n) is 6.92. The van der Waals surface area contributed by atoms with Crippen LogP contribution >= 0.6 is 11.6 Å². The van der Waals surface area contributed by atoms with Crippen molar-refractivity contribution in [3.63, 3.8) is 0 Å². The van der Waals surface area contributed by atoms with Crippen LogP contribution in [0.4, 0.5) is 0 Å².